The Kier molecular flexibility index (Phi) is 1.56. The Morgan fingerprint density at radius 1 is 1.50 bits per heavy atom. The first-order valence-corrected chi connectivity index (χ1v) is 4.83. The summed E-state index contributed by atoms with van der Waals surface area (Å²) in [4.78, 5) is 22.5. The van der Waals surface area contributed by atoms with Crippen LogP contribution in [0.4, 0.5) is 0 Å². The molecule has 0 radical (unpaired) electrons. The maximum atomic E-state index is 11.5. The van der Waals surface area contributed by atoms with Crippen molar-refractivity contribution in [2.24, 2.45) is 17.6 Å². The van der Waals surface area contributed by atoms with E-state index in [2.05, 4.69) is 0 Å². The van der Waals surface area contributed by atoms with Crippen molar-refractivity contribution in [3.63, 3.8) is 0 Å². The summed E-state index contributed by atoms with van der Waals surface area (Å²) in [5.41, 5.74) is 3.40. The summed E-state index contributed by atoms with van der Waals surface area (Å²) in [5.74, 6) is -2.36. The van der Waals surface area contributed by atoms with Gasteiger partial charge in [-0.1, -0.05) is 6.08 Å². The molecule has 0 aromatic heterocycles. The van der Waals surface area contributed by atoms with Crippen LogP contribution in [-0.4, -0.2) is 28.9 Å². The van der Waals surface area contributed by atoms with E-state index in [1.807, 2.05) is 0 Å². The van der Waals surface area contributed by atoms with Gasteiger partial charge < -0.3 is 20.3 Å². The topological polar surface area (TPSA) is 98.9 Å². The van der Waals surface area contributed by atoms with E-state index in [1.165, 1.54) is 12.2 Å². The smallest absolute Gasteiger partial charge is 0.345 e. The van der Waals surface area contributed by atoms with Gasteiger partial charge in [-0.15, -0.1) is 0 Å². The Morgan fingerprint density at radius 2 is 2.25 bits per heavy atom. The third-order valence-corrected chi connectivity index (χ3v) is 3.18. The molecule has 0 spiro atoms. The monoisotopic (exact) mass is 226 g/mol. The fourth-order valence-corrected chi connectivity index (χ4v) is 2.33. The molecule has 4 bridgehead atoms. The van der Waals surface area contributed by atoms with Crippen LogP contribution in [0, 0.1) is 11.8 Å². The molecule has 0 unspecified atom stereocenters. The van der Waals surface area contributed by atoms with Crippen molar-refractivity contribution in [1.82, 2.24) is 0 Å². The third kappa shape index (κ3) is 0.943. The minimum atomic E-state index is -1.69. The van der Waals surface area contributed by atoms with Crippen LogP contribution in [0.3, 0.4) is 0 Å². The standard InChI is InChI=1S/C10H9NO5/c11-7(12)6-3-5-4-1-2-10(5,14)9(13)16-8(4)15-6/h1-5,8,14H,(H2,11,12)/t4-,5-,8-,10-/m0/s1/i2+1,3+1,5+1. The van der Waals surface area contributed by atoms with Gasteiger partial charge >= 0.3 is 5.97 Å². The molecule has 2 aliphatic heterocycles. The van der Waals surface area contributed by atoms with Crippen LogP contribution < -0.4 is 5.73 Å². The highest BCUT2D eigenvalue weighted by Gasteiger charge is 2.59. The second-order valence-corrected chi connectivity index (χ2v) is 4.07. The molecule has 84 valence electrons. The van der Waals surface area contributed by atoms with E-state index in [0.717, 1.165) is 0 Å². The van der Waals surface area contributed by atoms with Gasteiger partial charge in [0, 0.05) is 5.92 Å². The van der Waals surface area contributed by atoms with Crippen LogP contribution in [0.15, 0.2) is 24.0 Å². The van der Waals surface area contributed by atoms with E-state index < -0.39 is 29.7 Å². The summed E-state index contributed by atoms with van der Waals surface area (Å²) >= 11 is 0. The number of hydrogen-bond donors (Lipinski definition) is 2. The van der Waals surface area contributed by atoms with E-state index >= 15 is 0 Å². The van der Waals surface area contributed by atoms with E-state index in [0.29, 0.717) is 0 Å². The summed E-state index contributed by atoms with van der Waals surface area (Å²) in [6.07, 6.45) is 3.57. The van der Waals surface area contributed by atoms with Gasteiger partial charge in [0.25, 0.3) is 12.2 Å². The van der Waals surface area contributed by atoms with Crippen LogP contribution in [0.2, 0.25) is 0 Å². The number of amides is 1. The highest BCUT2D eigenvalue weighted by Crippen LogP contribution is 2.47. The number of ether oxygens (including phenoxy) is 2. The number of rotatable bonds is 1. The van der Waals surface area contributed by atoms with Crippen molar-refractivity contribution in [1.29, 1.82) is 0 Å². The fraction of sp³-hybridized carbons (Fsp3) is 0.400. The van der Waals surface area contributed by atoms with Gasteiger partial charge in [-0.3, -0.25) is 4.79 Å². The molecule has 1 fully saturated rings. The molecule has 1 aliphatic carbocycles. The number of nitrogens with two attached hydrogens (primary N) is 1. The normalized spacial score (nSPS) is 43.4. The largest absolute Gasteiger partial charge is 0.449 e. The predicted molar refractivity (Wildman–Crippen MR) is 49.3 cm³/mol. The lowest BCUT2D eigenvalue weighted by molar-refractivity contribution is -0.224. The molecule has 1 saturated heterocycles. The van der Waals surface area contributed by atoms with E-state index in [-0.39, 0.29) is 11.7 Å². The highest BCUT2D eigenvalue weighted by molar-refractivity contribution is 5.91. The SMILES string of the molecule is NC(=O)C1=[13CH][13C@H]2[C@@H]3C=[13CH][C@@]2(O)C(=O)O[C@@H]3O1. The van der Waals surface area contributed by atoms with Gasteiger partial charge in [0.2, 0.25) is 0 Å². The number of carbonyl (C=O) groups is 2. The molecule has 3 rings (SSSR count). The van der Waals surface area contributed by atoms with Gasteiger partial charge in [0.05, 0.1) is 5.92 Å². The number of primary amides is 1. The molecule has 2 heterocycles. The lowest BCUT2D eigenvalue weighted by Gasteiger charge is -2.41. The number of esters is 1. The molecular weight excluding hydrogens is 217 g/mol. The first-order chi connectivity index (χ1) is 7.52. The molecule has 6 nitrogen and oxygen atoms in total. The van der Waals surface area contributed by atoms with E-state index in [9.17, 15) is 14.7 Å². The van der Waals surface area contributed by atoms with Gasteiger partial charge in [-0.2, -0.15) is 0 Å². The second-order valence-electron chi connectivity index (χ2n) is 4.07. The van der Waals surface area contributed by atoms with Crippen LogP contribution in [0.1, 0.15) is 0 Å². The molecule has 3 aliphatic rings. The molecule has 0 aromatic rings. The minimum Gasteiger partial charge on any atom is -0.449 e. The summed E-state index contributed by atoms with van der Waals surface area (Å²) in [6, 6.07) is 0. The Labute approximate surface area is 90.3 Å². The Morgan fingerprint density at radius 3 is 2.94 bits per heavy atom. The van der Waals surface area contributed by atoms with Gasteiger partial charge in [-0.05, 0) is 12.2 Å². The lowest BCUT2D eigenvalue weighted by atomic mass is 10.1. The molecule has 6 heteroatoms. The molecule has 16 heavy (non-hydrogen) atoms. The van der Waals surface area contributed by atoms with Crippen LogP contribution in [-0.2, 0) is 19.1 Å². The van der Waals surface area contributed by atoms with Crippen molar-refractivity contribution in [3.05, 3.63) is 24.0 Å². The molecular formula is C10H9NO5. The third-order valence-electron chi connectivity index (χ3n) is 3.18. The lowest BCUT2D eigenvalue weighted by Crippen LogP contribution is -2.55. The summed E-state index contributed by atoms with van der Waals surface area (Å²) in [6.45, 7) is 0. The minimum absolute atomic E-state index is 0.0686. The zero-order valence-corrected chi connectivity index (χ0v) is 8.12. The maximum Gasteiger partial charge on any atom is 0.345 e. The second kappa shape index (κ2) is 2.65. The summed E-state index contributed by atoms with van der Waals surface area (Å²) < 4.78 is 10.1. The number of aliphatic hydroxyl groups is 1. The Hall–Kier alpha value is -1.82. The fourth-order valence-electron chi connectivity index (χ4n) is 2.33. The zero-order chi connectivity index (χ0) is 11.5. The number of carbonyl (C=O) groups excluding carboxylic acids is 2. The van der Waals surface area contributed by atoms with Crippen molar-refractivity contribution in [2.45, 2.75) is 11.9 Å². The Bertz CT molecular complexity index is 454. The summed E-state index contributed by atoms with van der Waals surface area (Å²) in [7, 11) is 0. The molecule has 1 amide bonds. The first-order valence-electron chi connectivity index (χ1n) is 4.83. The van der Waals surface area contributed by atoms with Crippen LogP contribution >= 0.6 is 0 Å². The van der Waals surface area contributed by atoms with Gasteiger partial charge in [-0.25, -0.2) is 4.79 Å². The highest BCUT2D eigenvalue weighted by atomic mass is 16.7. The Balaban J connectivity index is 2.09. The molecule has 3 N–H and O–H groups in total. The van der Waals surface area contributed by atoms with Crippen molar-refractivity contribution < 1.29 is 24.2 Å². The van der Waals surface area contributed by atoms with Crippen molar-refractivity contribution in [2.75, 3.05) is 0 Å². The molecule has 0 saturated carbocycles. The average molecular weight is 226 g/mol. The van der Waals surface area contributed by atoms with Crippen LogP contribution in [0.5, 0.6) is 0 Å². The number of hydrogen-bond acceptors (Lipinski definition) is 5. The van der Waals surface area contributed by atoms with Crippen molar-refractivity contribution in [3.8, 4) is 0 Å². The predicted octanol–water partition coefficient (Wildman–Crippen LogP) is -1.20. The summed E-state index contributed by atoms with van der Waals surface area (Å²) in [5, 5.41) is 10.1. The van der Waals surface area contributed by atoms with Gasteiger partial charge in [0.1, 0.15) is 0 Å². The van der Waals surface area contributed by atoms with E-state index in [1.54, 1.807) is 6.08 Å². The first kappa shape index (κ1) is 9.41. The maximum absolute atomic E-state index is 11.5. The molecule has 4 atom stereocenters. The quantitative estimate of drug-likeness (QED) is 0.332. The van der Waals surface area contributed by atoms with Crippen molar-refractivity contribution >= 4 is 11.9 Å². The van der Waals surface area contributed by atoms with Gasteiger partial charge in [0.15, 0.2) is 11.4 Å². The zero-order valence-electron chi connectivity index (χ0n) is 8.12. The van der Waals surface area contributed by atoms with E-state index in [4.69, 9.17) is 15.2 Å². The average Bonchev–Trinajstić information content (AvgIpc) is 2.50. The molecule has 0 aromatic carbocycles. The van der Waals surface area contributed by atoms with Crippen LogP contribution in [0.25, 0.3) is 0 Å².